The molecular formula is C16H13Cl3N2O2. The Morgan fingerprint density at radius 3 is 2.57 bits per heavy atom. The largest absolute Gasteiger partial charge is 0.484 e. The third-order valence-corrected chi connectivity index (χ3v) is 4.01. The van der Waals surface area contributed by atoms with E-state index in [0.717, 1.165) is 5.56 Å². The van der Waals surface area contributed by atoms with Gasteiger partial charge in [0, 0.05) is 5.02 Å². The van der Waals surface area contributed by atoms with E-state index < -0.39 is 0 Å². The maximum Gasteiger partial charge on any atom is 0.277 e. The summed E-state index contributed by atoms with van der Waals surface area (Å²) in [6.45, 7) is 1.70. The molecule has 2 rings (SSSR count). The van der Waals surface area contributed by atoms with Gasteiger partial charge in [-0.05, 0) is 48.4 Å². The van der Waals surface area contributed by atoms with Crippen molar-refractivity contribution >= 4 is 46.9 Å². The van der Waals surface area contributed by atoms with E-state index >= 15 is 0 Å². The van der Waals surface area contributed by atoms with E-state index in [1.165, 1.54) is 6.21 Å². The Morgan fingerprint density at radius 1 is 1.13 bits per heavy atom. The molecule has 2 aromatic rings. The average molecular weight is 372 g/mol. The van der Waals surface area contributed by atoms with Gasteiger partial charge in [-0.1, -0.05) is 40.9 Å². The first-order valence-electron chi connectivity index (χ1n) is 6.61. The number of nitrogens with zero attached hydrogens (tertiary/aromatic N) is 1. The molecule has 23 heavy (non-hydrogen) atoms. The first-order chi connectivity index (χ1) is 11.0. The molecule has 0 unspecified atom stereocenters. The molecule has 0 bridgehead atoms. The summed E-state index contributed by atoms with van der Waals surface area (Å²) in [4.78, 5) is 11.7. The molecule has 120 valence electrons. The predicted octanol–water partition coefficient (Wildman–Crippen LogP) is 4.48. The van der Waals surface area contributed by atoms with E-state index in [9.17, 15) is 4.79 Å². The van der Waals surface area contributed by atoms with Gasteiger partial charge in [-0.15, -0.1) is 0 Å². The summed E-state index contributed by atoms with van der Waals surface area (Å²) in [5.41, 5.74) is 3.96. The summed E-state index contributed by atoms with van der Waals surface area (Å²) in [6, 6.07) is 10.2. The predicted molar refractivity (Wildman–Crippen MR) is 93.9 cm³/mol. The lowest BCUT2D eigenvalue weighted by molar-refractivity contribution is -0.123. The number of ether oxygens (including phenoxy) is 1. The fourth-order valence-corrected chi connectivity index (χ4v) is 2.08. The third kappa shape index (κ3) is 5.43. The third-order valence-electron chi connectivity index (χ3n) is 2.85. The second kappa shape index (κ2) is 8.20. The van der Waals surface area contributed by atoms with E-state index in [-0.39, 0.29) is 12.5 Å². The molecular weight excluding hydrogens is 359 g/mol. The van der Waals surface area contributed by atoms with Crippen LogP contribution in [0.1, 0.15) is 11.1 Å². The standard InChI is InChI=1S/C16H13Cl3N2O2/c1-10-6-12(3-5-13(10)17)23-9-16(22)21-20-8-11-2-4-14(18)15(19)7-11/h2-8H,9H2,1H3,(H,21,22)/b20-8-. The smallest absolute Gasteiger partial charge is 0.277 e. The highest BCUT2D eigenvalue weighted by molar-refractivity contribution is 6.42. The maximum absolute atomic E-state index is 11.7. The van der Waals surface area contributed by atoms with Crippen molar-refractivity contribution in [2.24, 2.45) is 5.10 Å². The molecule has 1 N–H and O–H groups in total. The molecule has 0 aliphatic rings. The molecule has 0 saturated carbocycles. The number of rotatable bonds is 5. The van der Waals surface area contributed by atoms with Crippen LogP contribution in [0, 0.1) is 6.92 Å². The van der Waals surface area contributed by atoms with Crippen molar-refractivity contribution in [1.29, 1.82) is 0 Å². The lowest BCUT2D eigenvalue weighted by Crippen LogP contribution is -2.24. The van der Waals surface area contributed by atoms with Gasteiger partial charge in [0.05, 0.1) is 16.3 Å². The van der Waals surface area contributed by atoms with Crippen LogP contribution in [-0.2, 0) is 4.79 Å². The number of amides is 1. The zero-order chi connectivity index (χ0) is 16.8. The van der Waals surface area contributed by atoms with Crippen LogP contribution in [0.15, 0.2) is 41.5 Å². The summed E-state index contributed by atoms with van der Waals surface area (Å²) in [6.07, 6.45) is 1.46. The van der Waals surface area contributed by atoms with Gasteiger partial charge in [-0.25, -0.2) is 5.43 Å². The van der Waals surface area contributed by atoms with Gasteiger partial charge < -0.3 is 4.74 Å². The first kappa shape index (κ1) is 17.6. The van der Waals surface area contributed by atoms with E-state index in [2.05, 4.69) is 10.5 Å². The molecule has 4 nitrogen and oxygen atoms in total. The molecule has 0 aliphatic carbocycles. The van der Waals surface area contributed by atoms with Crippen molar-refractivity contribution < 1.29 is 9.53 Å². The van der Waals surface area contributed by atoms with Crippen LogP contribution in [0.2, 0.25) is 15.1 Å². The molecule has 0 saturated heterocycles. The number of aryl methyl sites for hydroxylation is 1. The second-order valence-electron chi connectivity index (χ2n) is 4.67. The number of benzene rings is 2. The van der Waals surface area contributed by atoms with Crippen molar-refractivity contribution in [2.45, 2.75) is 6.92 Å². The zero-order valence-electron chi connectivity index (χ0n) is 12.1. The van der Waals surface area contributed by atoms with Crippen LogP contribution in [0.3, 0.4) is 0 Å². The number of carbonyl (C=O) groups excluding carboxylic acids is 1. The minimum Gasteiger partial charge on any atom is -0.484 e. The molecule has 0 aromatic heterocycles. The first-order valence-corrected chi connectivity index (χ1v) is 7.75. The van der Waals surface area contributed by atoms with Crippen LogP contribution in [0.5, 0.6) is 5.75 Å². The Labute approximate surface area is 149 Å². The van der Waals surface area contributed by atoms with E-state index in [4.69, 9.17) is 39.5 Å². The van der Waals surface area contributed by atoms with Gasteiger partial charge in [-0.2, -0.15) is 5.10 Å². The van der Waals surface area contributed by atoms with E-state index in [1.54, 1.807) is 36.4 Å². The quantitative estimate of drug-likeness (QED) is 0.622. The van der Waals surface area contributed by atoms with Gasteiger partial charge in [0.25, 0.3) is 5.91 Å². The number of hydrogen-bond acceptors (Lipinski definition) is 3. The Balaban J connectivity index is 1.83. The lowest BCUT2D eigenvalue weighted by Gasteiger charge is -2.06. The molecule has 2 aromatic carbocycles. The van der Waals surface area contributed by atoms with Gasteiger partial charge in [0.15, 0.2) is 6.61 Å². The van der Waals surface area contributed by atoms with Crippen molar-refractivity contribution in [2.75, 3.05) is 6.61 Å². The minimum atomic E-state index is -0.381. The lowest BCUT2D eigenvalue weighted by atomic mass is 10.2. The highest BCUT2D eigenvalue weighted by atomic mass is 35.5. The number of carbonyl (C=O) groups is 1. The van der Waals surface area contributed by atoms with Crippen molar-refractivity contribution in [3.63, 3.8) is 0 Å². The normalized spacial score (nSPS) is 10.8. The van der Waals surface area contributed by atoms with E-state index in [0.29, 0.717) is 26.4 Å². The van der Waals surface area contributed by atoms with Crippen LogP contribution in [-0.4, -0.2) is 18.7 Å². The van der Waals surface area contributed by atoms with Crippen molar-refractivity contribution in [1.82, 2.24) is 5.43 Å². The number of hydrazone groups is 1. The highest BCUT2D eigenvalue weighted by Crippen LogP contribution is 2.22. The zero-order valence-corrected chi connectivity index (χ0v) is 14.4. The average Bonchev–Trinajstić information content (AvgIpc) is 2.52. The number of halogens is 3. The SMILES string of the molecule is Cc1cc(OCC(=O)N/N=C\c2ccc(Cl)c(Cl)c2)ccc1Cl. The summed E-state index contributed by atoms with van der Waals surface area (Å²) in [5.74, 6) is 0.185. The van der Waals surface area contributed by atoms with Gasteiger partial charge in [0.1, 0.15) is 5.75 Å². The molecule has 0 atom stereocenters. The Kier molecular flexibility index (Phi) is 6.28. The van der Waals surface area contributed by atoms with Gasteiger partial charge >= 0.3 is 0 Å². The fraction of sp³-hybridized carbons (Fsp3) is 0.125. The molecule has 0 aliphatic heterocycles. The molecule has 0 heterocycles. The fourth-order valence-electron chi connectivity index (χ4n) is 1.66. The molecule has 7 heteroatoms. The summed E-state index contributed by atoms with van der Waals surface area (Å²) >= 11 is 17.6. The Hall–Kier alpha value is -1.75. The molecule has 1 amide bonds. The number of nitrogens with one attached hydrogen (secondary N) is 1. The summed E-state index contributed by atoms with van der Waals surface area (Å²) in [5, 5.41) is 5.35. The molecule has 0 spiro atoms. The van der Waals surface area contributed by atoms with Crippen LogP contribution in [0.25, 0.3) is 0 Å². The van der Waals surface area contributed by atoms with Crippen LogP contribution in [0.4, 0.5) is 0 Å². The summed E-state index contributed by atoms with van der Waals surface area (Å²) in [7, 11) is 0. The maximum atomic E-state index is 11.7. The molecule has 0 radical (unpaired) electrons. The van der Waals surface area contributed by atoms with Crippen LogP contribution < -0.4 is 10.2 Å². The minimum absolute atomic E-state index is 0.153. The second-order valence-corrected chi connectivity index (χ2v) is 5.89. The Morgan fingerprint density at radius 2 is 1.87 bits per heavy atom. The highest BCUT2D eigenvalue weighted by Gasteiger charge is 2.03. The topological polar surface area (TPSA) is 50.7 Å². The summed E-state index contributed by atoms with van der Waals surface area (Å²) < 4.78 is 5.36. The van der Waals surface area contributed by atoms with Gasteiger partial charge in [-0.3, -0.25) is 4.79 Å². The number of hydrogen-bond donors (Lipinski definition) is 1. The van der Waals surface area contributed by atoms with Crippen molar-refractivity contribution in [3.05, 3.63) is 62.6 Å². The van der Waals surface area contributed by atoms with Gasteiger partial charge in [0.2, 0.25) is 0 Å². The van der Waals surface area contributed by atoms with Crippen LogP contribution >= 0.6 is 34.8 Å². The Bertz CT molecular complexity index is 748. The van der Waals surface area contributed by atoms with Crippen molar-refractivity contribution in [3.8, 4) is 5.75 Å². The molecule has 0 fully saturated rings. The van der Waals surface area contributed by atoms with E-state index in [1.807, 2.05) is 6.92 Å². The monoisotopic (exact) mass is 370 g/mol.